The molecule has 27 heavy (non-hydrogen) atoms. The Kier molecular flexibility index (Phi) is 4.59. The van der Waals surface area contributed by atoms with E-state index in [1.165, 1.54) is 11.8 Å². The van der Waals surface area contributed by atoms with E-state index in [9.17, 15) is 9.59 Å². The van der Waals surface area contributed by atoms with Crippen LogP contribution in [0.4, 0.5) is 5.82 Å². The van der Waals surface area contributed by atoms with E-state index in [-0.39, 0.29) is 16.7 Å². The van der Waals surface area contributed by atoms with Crippen molar-refractivity contribution < 1.29 is 14.3 Å². The maximum atomic E-state index is 12.3. The van der Waals surface area contributed by atoms with E-state index in [2.05, 4.69) is 10.2 Å². The number of aromatic nitrogens is 1. The van der Waals surface area contributed by atoms with Gasteiger partial charge < -0.3 is 9.64 Å². The molecule has 2 fully saturated rings. The Bertz CT molecular complexity index is 982. The molecule has 0 radical (unpaired) electrons. The molecule has 7 nitrogen and oxygen atoms in total. The summed E-state index contributed by atoms with van der Waals surface area (Å²) in [5.41, 5.74) is 1.84. The smallest absolute Gasteiger partial charge is 0.274 e. The summed E-state index contributed by atoms with van der Waals surface area (Å²) >= 11 is 5.11. The number of amides is 2. The maximum absolute atomic E-state index is 12.3. The highest BCUT2D eigenvalue weighted by molar-refractivity contribution is 7.80. The predicted octanol–water partition coefficient (Wildman–Crippen LogP) is 1.68. The molecule has 138 valence electrons. The van der Waals surface area contributed by atoms with Crippen LogP contribution in [0.5, 0.6) is 0 Å². The summed E-state index contributed by atoms with van der Waals surface area (Å²) in [5.74, 6) is 0.0566. The van der Waals surface area contributed by atoms with E-state index in [1.807, 2.05) is 30.3 Å². The fraction of sp³-hybridized carbons (Fsp3) is 0.263. The summed E-state index contributed by atoms with van der Waals surface area (Å²) in [7, 11) is 0. The molecule has 2 amide bonds. The molecule has 2 aliphatic heterocycles. The first-order chi connectivity index (χ1) is 13.0. The van der Waals surface area contributed by atoms with Crippen LogP contribution in [0.2, 0.25) is 0 Å². The van der Waals surface area contributed by atoms with Crippen molar-refractivity contribution in [2.24, 2.45) is 0 Å². The molecule has 1 aromatic carbocycles. The van der Waals surface area contributed by atoms with E-state index >= 15 is 0 Å². The summed E-state index contributed by atoms with van der Waals surface area (Å²) in [6, 6.07) is 9.78. The van der Waals surface area contributed by atoms with E-state index < -0.39 is 5.91 Å². The van der Waals surface area contributed by atoms with Crippen molar-refractivity contribution in [3.63, 3.8) is 0 Å². The minimum Gasteiger partial charge on any atom is -0.378 e. The van der Waals surface area contributed by atoms with E-state index in [0.29, 0.717) is 26.3 Å². The lowest BCUT2D eigenvalue weighted by atomic mass is 10.1. The summed E-state index contributed by atoms with van der Waals surface area (Å²) in [4.78, 5) is 32.5. The molecule has 8 heteroatoms. The van der Waals surface area contributed by atoms with Gasteiger partial charge >= 0.3 is 0 Å². The number of carbonyl (C=O) groups is 2. The molecule has 2 aromatic rings. The lowest BCUT2D eigenvalue weighted by Crippen LogP contribution is -2.37. The fourth-order valence-electron chi connectivity index (χ4n) is 3.27. The molecule has 0 atom stereocenters. The summed E-state index contributed by atoms with van der Waals surface area (Å²) in [6.45, 7) is 4.04. The Morgan fingerprint density at radius 3 is 2.78 bits per heavy atom. The van der Waals surface area contributed by atoms with Crippen LogP contribution in [-0.2, 0) is 14.3 Å². The van der Waals surface area contributed by atoms with Gasteiger partial charge in [-0.05, 0) is 30.4 Å². The number of pyridine rings is 1. The quantitative estimate of drug-likeness (QED) is 0.629. The van der Waals surface area contributed by atoms with Gasteiger partial charge in [0.05, 0.1) is 18.7 Å². The maximum Gasteiger partial charge on any atom is 0.274 e. The number of nitrogens with one attached hydrogen (secondary N) is 1. The lowest BCUT2D eigenvalue weighted by Gasteiger charge is -2.29. The van der Waals surface area contributed by atoms with Crippen molar-refractivity contribution in [2.75, 3.05) is 31.2 Å². The molecule has 0 saturated carbocycles. The first-order valence-electron chi connectivity index (χ1n) is 8.65. The first-order valence-corrected chi connectivity index (χ1v) is 9.05. The van der Waals surface area contributed by atoms with E-state index in [0.717, 1.165) is 22.3 Å². The number of rotatable bonds is 2. The number of para-hydroxylation sites is 1. The third kappa shape index (κ3) is 3.29. The average Bonchev–Trinajstić information content (AvgIpc) is 2.95. The van der Waals surface area contributed by atoms with Crippen LogP contribution in [0.15, 0.2) is 36.0 Å². The van der Waals surface area contributed by atoms with Gasteiger partial charge in [-0.25, -0.2) is 4.98 Å². The predicted molar refractivity (Wildman–Crippen MR) is 106 cm³/mol. The molecule has 2 aliphatic rings. The van der Waals surface area contributed by atoms with Crippen molar-refractivity contribution in [1.29, 1.82) is 0 Å². The van der Waals surface area contributed by atoms with Crippen LogP contribution in [0.25, 0.3) is 17.0 Å². The Morgan fingerprint density at radius 2 is 2.04 bits per heavy atom. The van der Waals surface area contributed by atoms with Gasteiger partial charge in [0, 0.05) is 31.0 Å². The SMILES string of the molecule is CC(=O)N1C(=S)NC(=O)/C1=C/c1cc2ccccc2nc1N1CCOCC1. The number of carbonyl (C=O) groups excluding carboxylic acids is 2. The number of thiocarbonyl (C=S) groups is 1. The second-order valence-electron chi connectivity index (χ2n) is 6.34. The van der Waals surface area contributed by atoms with Crippen LogP contribution in [0, 0.1) is 0 Å². The van der Waals surface area contributed by atoms with Gasteiger partial charge in [-0.15, -0.1) is 0 Å². The summed E-state index contributed by atoms with van der Waals surface area (Å²) in [6.07, 6.45) is 1.68. The van der Waals surface area contributed by atoms with Crippen molar-refractivity contribution in [3.8, 4) is 0 Å². The van der Waals surface area contributed by atoms with Crippen LogP contribution < -0.4 is 10.2 Å². The average molecular weight is 382 g/mol. The van der Waals surface area contributed by atoms with Crippen LogP contribution in [0.3, 0.4) is 0 Å². The molecular weight excluding hydrogens is 364 g/mol. The molecule has 0 aliphatic carbocycles. The van der Waals surface area contributed by atoms with Gasteiger partial charge in [-0.1, -0.05) is 18.2 Å². The topological polar surface area (TPSA) is 74.8 Å². The number of hydrogen-bond donors (Lipinski definition) is 1. The van der Waals surface area contributed by atoms with Crippen LogP contribution >= 0.6 is 12.2 Å². The molecule has 3 heterocycles. The number of fused-ring (bicyclic) bond motifs is 1. The van der Waals surface area contributed by atoms with Crippen molar-refractivity contribution in [2.45, 2.75) is 6.92 Å². The second kappa shape index (κ2) is 7.05. The normalized spacial score (nSPS) is 19.1. The lowest BCUT2D eigenvalue weighted by molar-refractivity contribution is -0.125. The van der Waals surface area contributed by atoms with Gasteiger partial charge in [0.15, 0.2) is 5.11 Å². The van der Waals surface area contributed by atoms with Gasteiger partial charge in [0.2, 0.25) is 5.91 Å². The molecule has 0 bridgehead atoms. The number of ether oxygens (including phenoxy) is 1. The highest BCUT2D eigenvalue weighted by atomic mass is 32.1. The Balaban J connectivity index is 1.87. The zero-order chi connectivity index (χ0) is 19.0. The highest BCUT2D eigenvalue weighted by Gasteiger charge is 2.33. The molecule has 2 saturated heterocycles. The molecule has 4 rings (SSSR count). The minimum atomic E-state index is -0.392. The molecule has 1 N–H and O–H groups in total. The second-order valence-corrected chi connectivity index (χ2v) is 6.72. The first kappa shape index (κ1) is 17.6. The van der Waals surface area contributed by atoms with Gasteiger partial charge in [0.1, 0.15) is 11.5 Å². The number of morpholine rings is 1. The highest BCUT2D eigenvalue weighted by Crippen LogP contribution is 2.28. The fourth-order valence-corrected chi connectivity index (χ4v) is 3.59. The molecule has 0 spiro atoms. The minimum absolute atomic E-state index is 0.0976. The monoisotopic (exact) mass is 382 g/mol. The molecular formula is C19H18N4O3S. The largest absolute Gasteiger partial charge is 0.378 e. The summed E-state index contributed by atoms with van der Waals surface area (Å²) < 4.78 is 5.44. The third-order valence-electron chi connectivity index (χ3n) is 4.55. The van der Waals surface area contributed by atoms with E-state index in [1.54, 1.807) is 6.08 Å². The number of anilines is 1. The van der Waals surface area contributed by atoms with Gasteiger partial charge in [-0.2, -0.15) is 0 Å². The Labute approximate surface area is 161 Å². The number of nitrogens with zero attached hydrogens (tertiary/aromatic N) is 3. The van der Waals surface area contributed by atoms with Gasteiger partial charge in [-0.3, -0.25) is 19.8 Å². The number of hydrogen-bond acceptors (Lipinski definition) is 6. The van der Waals surface area contributed by atoms with Crippen LogP contribution in [-0.4, -0.2) is 53.1 Å². The van der Waals surface area contributed by atoms with Crippen molar-refractivity contribution in [3.05, 3.63) is 41.6 Å². The van der Waals surface area contributed by atoms with Crippen LogP contribution in [0.1, 0.15) is 12.5 Å². The summed E-state index contributed by atoms with van der Waals surface area (Å²) in [5, 5.41) is 3.58. The standard InChI is InChI=1S/C19H18N4O3S/c1-12(24)23-16(18(25)21-19(23)27)11-14-10-13-4-2-3-5-15(13)20-17(14)22-6-8-26-9-7-22/h2-5,10-11H,6-9H2,1H3,(H,21,25,27)/b16-11-. The Hall–Kier alpha value is -2.84. The number of benzene rings is 1. The zero-order valence-corrected chi connectivity index (χ0v) is 15.6. The molecule has 0 unspecified atom stereocenters. The Morgan fingerprint density at radius 1 is 1.30 bits per heavy atom. The van der Waals surface area contributed by atoms with Crippen molar-refractivity contribution >= 4 is 51.9 Å². The van der Waals surface area contributed by atoms with Gasteiger partial charge in [0.25, 0.3) is 5.91 Å². The van der Waals surface area contributed by atoms with Crippen molar-refractivity contribution in [1.82, 2.24) is 15.2 Å². The van der Waals surface area contributed by atoms with E-state index in [4.69, 9.17) is 21.9 Å². The zero-order valence-electron chi connectivity index (χ0n) is 14.8. The third-order valence-corrected chi connectivity index (χ3v) is 4.83. The molecule has 1 aromatic heterocycles.